The van der Waals surface area contributed by atoms with E-state index < -0.39 is 0 Å². The van der Waals surface area contributed by atoms with Gasteiger partial charge in [-0.2, -0.15) is 11.8 Å². The first-order valence-electron chi connectivity index (χ1n) is 6.38. The molecule has 2 fully saturated rings. The third-order valence-electron chi connectivity index (χ3n) is 3.56. The van der Waals surface area contributed by atoms with Crippen molar-refractivity contribution in [2.24, 2.45) is 10.7 Å². The lowest BCUT2D eigenvalue weighted by molar-refractivity contribution is 0.337. The molecule has 2 aliphatic heterocycles. The maximum absolute atomic E-state index is 6.05. The van der Waals surface area contributed by atoms with Gasteiger partial charge in [0.1, 0.15) is 0 Å². The zero-order chi connectivity index (χ0) is 11.4. The van der Waals surface area contributed by atoms with Gasteiger partial charge in [-0.1, -0.05) is 0 Å². The number of thioether (sulfide) groups is 1. The van der Waals surface area contributed by atoms with Gasteiger partial charge in [-0.05, 0) is 44.8 Å². The predicted molar refractivity (Wildman–Crippen MR) is 87.4 cm³/mol. The second-order valence-corrected chi connectivity index (χ2v) is 6.81. The van der Waals surface area contributed by atoms with Crippen LogP contribution in [0.25, 0.3) is 0 Å². The number of nitrogens with two attached hydrogens (primary N) is 1. The van der Waals surface area contributed by atoms with Crippen molar-refractivity contribution in [3.63, 3.8) is 0 Å². The number of rotatable bonds is 2. The second kappa shape index (κ2) is 7.07. The molecule has 0 aliphatic carbocycles. The monoisotopic (exact) mass is 369 g/mol. The molecule has 1 unspecified atom stereocenters. The van der Waals surface area contributed by atoms with Crippen LogP contribution in [0.15, 0.2) is 4.99 Å². The number of piperidine rings is 1. The Morgan fingerprint density at radius 2 is 2.00 bits per heavy atom. The highest BCUT2D eigenvalue weighted by Crippen LogP contribution is 2.37. The van der Waals surface area contributed by atoms with E-state index in [0.29, 0.717) is 4.75 Å². The van der Waals surface area contributed by atoms with Crippen LogP contribution in [0.1, 0.15) is 39.0 Å². The van der Waals surface area contributed by atoms with Gasteiger partial charge >= 0.3 is 0 Å². The van der Waals surface area contributed by atoms with Crippen molar-refractivity contribution < 1.29 is 0 Å². The Morgan fingerprint density at radius 3 is 2.59 bits per heavy atom. The normalized spacial score (nSPS) is 30.2. The second-order valence-electron chi connectivity index (χ2n) is 5.12. The third kappa shape index (κ3) is 4.50. The zero-order valence-electron chi connectivity index (χ0n) is 10.7. The van der Waals surface area contributed by atoms with Gasteiger partial charge in [0.15, 0.2) is 5.96 Å². The summed E-state index contributed by atoms with van der Waals surface area (Å²) in [5, 5.41) is 0. The lowest BCUT2D eigenvalue weighted by Crippen LogP contribution is -2.41. The Hall–Kier alpha value is 0.350. The first-order valence-corrected chi connectivity index (χ1v) is 7.37. The fourth-order valence-corrected chi connectivity index (χ4v) is 3.66. The zero-order valence-corrected chi connectivity index (χ0v) is 13.8. The number of aliphatic imine (C=N–C) groups is 1. The highest BCUT2D eigenvalue weighted by atomic mass is 127. The van der Waals surface area contributed by atoms with Gasteiger partial charge in [0.2, 0.25) is 0 Å². The van der Waals surface area contributed by atoms with Crippen LogP contribution < -0.4 is 5.73 Å². The number of nitrogens with zero attached hydrogens (tertiary/aromatic N) is 2. The number of hydrogen-bond donors (Lipinski definition) is 1. The molecule has 17 heavy (non-hydrogen) atoms. The third-order valence-corrected chi connectivity index (χ3v) is 5.08. The highest BCUT2D eigenvalue weighted by molar-refractivity contribution is 14.0. The van der Waals surface area contributed by atoms with Gasteiger partial charge in [-0.25, -0.2) is 0 Å². The van der Waals surface area contributed by atoms with Crippen LogP contribution in [-0.2, 0) is 0 Å². The van der Waals surface area contributed by atoms with Crippen molar-refractivity contribution >= 4 is 41.7 Å². The topological polar surface area (TPSA) is 41.6 Å². The minimum atomic E-state index is 0. The van der Waals surface area contributed by atoms with E-state index in [4.69, 9.17) is 5.73 Å². The van der Waals surface area contributed by atoms with Crippen LogP contribution in [0, 0.1) is 0 Å². The van der Waals surface area contributed by atoms with Gasteiger partial charge in [-0.15, -0.1) is 24.0 Å². The molecule has 5 heteroatoms. The van der Waals surface area contributed by atoms with E-state index in [-0.39, 0.29) is 24.0 Å². The fraction of sp³-hybridized carbons (Fsp3) is 0.917. The van der Waals surface area contributed by atoms with Crippen LogP contribution >= 0.6 is 35.7 Å². The lowest BCUT2D eigenvalue weighted by atomic mass is 10.1. The van der Waals surface area contributed by atoms with Crippen molar-refractivity contribution in [2.45, 2.75) is 43.8 Å². The van der Waals surface area contributed by atoms with Crippen LogP contribution in [0.2, 0.25) is 0 Å². The molecular formula is C12H24IN3S. The van der Waals surface area contributed by atoms with Crippen molar-refractivity contribution in [1.82, 2.24) is 4.90 Å². The molecule has 0 saturated carbocycles. The van der Waals surface area contributed by atoms with E-state index in [0.717, 1.165) is 25.6 Å². The summed E-state index contributed by atoms with van der Waals surface area (Å²) in [5.41, 5.74) is 6.05. The minimum absolute atomic E-state index is 0. The molecule has 0 radical (unpaired) electrons. The molecule has 2 saturated heterocycles. The van der Waals surface area contributed by atoms with Crippen LogP contribution in [0.4, 0.5) is 0 Å². The lowest BCUT2D eigenvalue weighted by Gasteiger charge is -2.28. The summed E-state index contributed by atoms with van der Waals surface area (Å²) in [6, 6.07) is 0. The molecule has 0 aromatic rings. The maximum atomic E-state index is 6.05. The molecule has 2 rings (SSSR count). The molecule has 2 aliphatic rings. The SMILES string of the molecule is CC1(CN=C(N)N2CCCCC2)CCCS1.I. The Morgan fingerprint density at radius 1 is 1.29 bits per heavy atom. The molecule has 100 valence electrons. The summed E-state index contributed by atoms with van der Waals surface area (Å²) in [4.78, 5) is 6.84. The summed E-state index contributed by atoms with van der Waals surface area (Å²) < 4.78 is 0.348. The van der Waals surface area contributed by atoms with Crippen molar-refractivity contribution in [3.8, 4) is 0 Å². The summed E-state index contributed by atoms with van der Waals surface area (Å²) >= 11 is 2.05. The Bertz CT molecular complexity index is 258. The fourth-order valence-electron chi connectivity index (χ4n) is 2.43. The first-order chi connectivity index (χ1) is 7.70. The van der Waals surface area contributed by atoms with Gasteiger partial charge in [0.25, 0.3) is 0 Å². The highest BCUT2D eigenvalue weighted by Gasteiger charge is 2.29. The van der Waals surface area contributed by atoms with E-state index >= 15 is 0 Å². The first kappa shape index (κ1) is 15.4. The van der Waals surface area contributed by atoms with Crippen LogP contribution in [0.3, 0.4) is 0 Å². The molecular weight excluding hydrogens is 345 g/mol. The summed E-state index contributed by atoms with van der Waals surface area (Å²) in [5.74, 6) is 2.06. The standard InChI is InChI=1S/C12H23N3S.HI/c1-12(6-5-9-16-12)10-14-11(13)15-7-3-2-4-8-15;/h2-10H2,1H3,(H2,13,14);1H. The summed E-state index contributed by atoms with van der Waals surface area (Å²) in [6.07, 6.45) is 6.50. The average Bonchev–Trinajstić information content (AvgIpc) is 2.75. The van der Waals surface area contributed by atoms with Gasteiger partial charge in [-0.3, -0.25) is 4.99 Å². The van der Waals surface area contributed by atoms with E-state index in [1.807, 2.05) is 0 Å². The number of hydrogen-bond acceptors (Lipinski definition) is 2. The molecule has 1 atom stereocenters. The van der Waals surface area contributed by atoms with Crippen LogP contribution in [-0.4, -0.2) is 41.0 Å². The van der Waals surface area contributed by atoms with Crippen molar-refractivity contribution in [1.29, 1.82) is 0 Å². The molecule has 0 amide bonds. The molecule has 0 aromatic carbocycles. The average molecular weight is 369 g/mol. The maximum Gasteiger partial charge on any atom is 0.191 e. The minimum Gasteiger partial charge on any atom is -0.370 e. The van der Waals surface area contributed by atoms with Gasteiger partial charge < -0.3 is 10.6 Å². The van der Waals surface area contributed by atoms with Crippen molar-refractivity contribution in [3.05, 3.63) is 0 Å². The number of likely N-dealkylation sites (tertiary alicyclic amines) is 1. The van der Waals surface area contributed by atoms with E-state index in [1.54, 1.807) is 0 Å². The molecule has 2 N–H and O–H groups in total. The molecule has 0 spiro atoms. The Balaban J connectivity index is 0.00000144. The molecule has 0 bridgehead atoms. The van der Waals surface area contributed by atoms with Gasteiger partial charge in [0.05, 0.1) is 6.54 Å². The molecule has 0 aromatic heterocycles. The molecule has 3 nitrogen and oxygen atoms in total. The van der Waals surface area contributed by atoms with Gasteiger partial charge in [0, 0.05) is 17.8 Å². The van der Waals surface area contributed by atoms with Crippen molar-refractivity contribution in [2.75, 3.05) is 25.4 Å². The van der Waals surface area contributed by atoms with E-state index in [2.05, 4.69) is 28.6 Å². The largest absolute Gasteiger partial charge is 0.370 e. The van der Waals surface area contributed by atoms with E-state index in [1.165, 1.54) is 37.9 Å². The summed E-state index contributed by atoms with van der Waals surface area (Å²) in [7, 11) is 0. The van der Waals surface area contributed by atoms with Crippen LogP contribution in [0.5, 0.6) is 0 Å². The molecule has 2 heterocycles. The van der Waals surface area contributed by atoms with E-state index in [9.17, 15) is 0 Å². The Kier molecular flexibility index (Phi) is 6.40. The predicted octanol–water partition coefficient (Wildman–Crippen LogP) is 2.69. The number of halogens is 1. The smallest absolute Gasteiger partial charge is 0.191 e. The number of guanidine groups is 1. The quantitative estimate of drug-likeness (QED) is 0.462. The Labute approximate surface area is 126 Å². The summed E-state index contributed by atoms with van der Waals surface area (Å²) in [6.45, 7) is 5.40.